The van der Waals surface area contributed by atoms with Gasteiger partial charge in [-0.05, 0) is 20.3 Å². The summed E-state index contributed by atoms with van der Waals surface area (Å²) in [7, 11) is 0. The van der Waals surface area contributed by atoms with E-state index in [9.17, 15) is 9.59 Å². The average molecular weight is 230 g/mol. The van der Waals surface area contributed by atoms with Crippen molar-refractivity contribution in [1.29, 1.82) is 0 Å². The summed E-state index contributed by atoms with van der Waals surface area (Å²) in [5.74, 6) is -0.125. The molecule has 0 saturated carbocycles. The summed E-state index contributed by atoms with van der Waals surface area (Å²) in [6, 6.07) is 0. The second-order valence-corrected chi connectivity index (χ2v) is 2.66. The van der Waals surface area contributed by atoms with Gasteiger partial charge in [0.2, 0.25) is 0 Å². The first-order valence-corrected chi connectivity index (χ1v) is 4.14. The van der Waals surface area contributed by atoms with Gasteiger partial charge < -0.3 is 5.11 Å². The number of carbonyl (C=O) groups excluding carboxylic acids is 2. The van der Waals surface area contributed by atoms with Gasteiger partial charge in [-0.15, -0.1) is 0 Å². The zero-order valence-electron chi connectivity index (χ0n) is 8.45. The maximum absolute atomic E-state index is 10.0. The molecule has 0 aliphatic heterocycles. The number of hydrogen-bond donors (Lipinski definition) is 1. The minimum absolute atomic E-state index is 0. The van der Waals surface area contributed by atoms with Crippen LogP contribution in [0.4, 0.5) is 0 Å². The van der Waals surface area contributed by atoms with Crippen molar-refractivity contribution in [3.63, 3.8) is 0 Å². The number of unbranched alkanes of at least 4 members (excludes halogenated alkanes) is 1. The molecule has 0 heterocycles. The van der Waals surface area contributed by atoms with Crippen LogP contribution >= 0.6 is 0 Å². The molecule has 0 radical (unpaired) electrons. The van der Waals surface area contributed by atoms with Crippen LogP contribution < -0.4 is 0 Å². The number of aliphatic hydroxyl groups is 1. The third-order valence-electron chi connectivity index (χ3n) is 1.01. The SMILES string of the molecule is CC(=O)CC(C)=O.CCCCO.[Fe]. The maximum Gasteiger partial charge on any atom is 0.137 e. The maximum atomic E-state index is 10.0. The molecule has 3 nitrogen and oxygen atoms in total. The van der Waals surface area contributed by atoms with Gasteiger partial charge in [0, 0.05) is 23.7 Å². The minimum Gasteiger partial charge on any atom is -0.396 e. The Hall–Kier alpha value is -0.181. The van der Waals surface area contributed by atoms with Crippen LogP contribution in [0, 0.1) is 0 Å². The number of hydrogen-bond acceptors (Lipinski definition) is 3. The third-order valence-corrected chi connectivity index (χ3v) is 1.01. The fourth-order valence-electron chi connectivity index (χ4n) is 0.509. The van der Waals surface area contributed by atoms with Crippen molar-refractivity contribution in [1.82, 2.24) is 0 Å². The molecular formula is C9H18FeO3. The van der Waals surface area contributed by atoms with E-state index in [1.807, 2.05) is 0 Å². The monoisotopic (exact) mass is 230 g/mol. The molecule has 0 atom stereocenters. The molecule has 0 aromatic carbocycles. The fourth-order valence-corrected chi connectivity index (χ4v) is 0.509. The van der Waals surface area contributed by atoms with E-state index in [2.05, 4.69) is 6.92 Å². The van der Waals surface area contributed by atoms with E-state index in [0.717, 1.165) is 12.8 Å². The van der Waals surface area contributed by atoms with Gasteiger partial charge in [0.15, 0.2) is 0 Å². The van der Waals surface area contributed by atoms with Gasteiger partial charge in [-0.3, -0.25) is 9.59 Å². The summed E-state index contributed by atoms with van der Waals surface area (Å²) in [6.07, 6.45) is 2.12. The summed E-state index contributed by atoms with van der Waals surface area (Å²) < 4.78 is 0. The number of ketones is 2. The first-order chi connectivity index (χ1) is 5.54. The van der Waals surface area contributed by atoms with E-state index in [1.165, 1.54) is 13.8 Å². The largest absolute Gasteiger partial charge is 0.396 e. The molecule has 0 rings (SSSR count). The van der Waals surface area contributed by atoms with Crippen molar-refractivity contribution < 1.29 is 31.8 Å². The van der Waals surface area contributed by atoms with Crippen molar-refractivity contribution in [2.24, 2.45) is 0 Å². The summed E-state index contributed by atoms with van der Waals surface area (Å²) >= 11 is 0. The van der Waals surface area contributed by atoms with Gasteiger partial charge in [0.1, 0.15) is 11.6 Å². The molecule has 0 aliphatic carbocycles. The van der Waals surface area contributed by atoms with E-state index in [0.29, 0.717) is 6.61 Å². The summed E-state index contributed by atoms with van der Waals surface area (Å²) in [5.41, 5.74) is 0. The topological polar surface area (TPSA) is 54.4 Å². The van der Waals surface area contributed by atoms with Crippen LogP contribution in [0.3, 0.4) is 0 Å². The third kappa shape index (κ3) is 33.7. The van der Waals surface area contributed by atoms with E-state index in [4.69, 9.17) is 5.11 Å². The standard InChI is InChI=1S/C5H8O2.C4H10O.Fe/c1-4(6)3-5(2)7;1-2-3-4-5;/h3H2,1-2H3;5H,2-4H2,1H3;. The fraction of sp³-hybridized carbons (Fsp3) is 0.778. The van der Waals surface area contributed by atoms with Crippen molar-refractivity contribution in [2.75, 3.05) is 6.61 Å². The van der Waals surface area contributed by atoms with Crippen LogP contribution in [0.1, 0.15) is 40.0 Å². The van der Waals surface area contributed by atoms with E-state index in [1.54, 1.807) is 0 Å². The quantitative estimate of drug-likeness (QED) is 0.585. The number of Topliss-reactive ketones (excluding diaryl/α,β-unsaturated/α-hetero) is 2. The molecule has 80 valence electrons. The van der Waals surface area contributed by atoms with Gasteiger partial charge in [-0.2, -0.15) is 0 Å². The van der Waals surface area contributed by atoms with Crippen LogP contribution in [-0.2, 0) is 26.7 Å². The van der Waals surface area contributed by atoms with Crippen LogP contribution in [0.2, 0.25) is 0 Å². The van der Waals surface area contributed by atoms with Crippen molar-refractivity contribution >= 4 is 11.6 Å². The van der Waals surface area contributed by atoms with Crippen LogP contribution in [0.15, 0.2) is 0 Å². The normalized spacial score (nSPS) is 7.69. The first-order valence-electron chi connectivity index (χ1n) is 4.14. The molecule has 0 saturated heterocycles. The predicted octanol–water partition coefficient (Wildman–Crippen LogP) is 1.33. The van der Waals surface area contributed by atoms with Gasteiger partial charge in [0.25, 0.3) is 0 Å². The summed E-state index contributed by atoms with van der Waals surface area (Å²) in [5, 5.41) is 8.07. The van der Waals surface area contributed by atoms with Gasteiger partial charge in [-0.1, -0.05) is 13.3 Å². The molecule has 0 unspecified atom stereocenters. The molecule has 0 bridgehead atoms. The van der Waals surface area contributed by atoms with Crippen LogP contribution in [0.5, 0.6) is 0 Å². The molecule has 0 aliphatic rings. The Labute approximate surface area is 90.4 Å². The average Bonchev–Trinajstić information content (AvgIpc) is 1.87. The van der Waals surface area contributed by atoms with Gasteiger partial charge >= 0.3 is 0 Å². The first kappa shape index (κ1) is 18.6. The molecule has 0 aromatic rings. The Morgan fingerprint density at radius 1 is 1.15 bits per heavy atom. The Balaban J connectivity index is -0.000000150. The molecule has 0 fully saturated rings. The predicted molar refractivity (Wildman–Crippen MR) is 48.0 cm³/mol. The van der Waals surface area contributed by atoms with Crippen molar-refractivity contribution in [3.05, 3.63) is 0 Å². The smallest absolute Gasteiger partial charge is 0.137 e. The minimum atomic E-state index is -0.0625. The molecule has 0 amide bonds. The molecule has 13 heavy (non-hydrogen) atoms. The van der Waals surface area contributed by atoms with Crippen LogP contribution in [0.25, 0.3) is 0 Å². The van der Waals surface area contributed by atoms with E-state index >= 15 is 0 Å². The van der Waals surface area contributed by atoms with E-state index in [-0.39, 0.29) is 35.1 Å². The Kier molecular flexibility index (Phi) is 20.5. The Morgan fingerprint density at radius 3 is 1.54 bits per heavy atom. The second kappa shape index (κ2) is 14.3. The zero-order chi connectivity index (χ0) is 9.98. The molecular weight excluding hydrogens is 212 g/mol. The van der Waals surface area contributed by atoms with Crippen molar-refractivity contribution in [3.8, 4) is 0 Å². The Bertz CT molecular complexity index is 121. The number of carbonyl (C=O) groups is 2. The molecule has 4 heteroatoms. The molecule has 0 spiro atoms. The summed E-state index contributed by atoms with van der Waals surface area (Å²) in [6.45, 7) is 5.20. The number of rotatable bonds is 4. The molecule has 0 aromatic heterocycles. The van der Waals surface area contributed by atoms with Crippen LogP contribution in [-0.4, -0.2) is 23.3 Å². The second-order valence-electron chi connectivity index (χ2n) is 2.66. The Morgan fingerprint density at radius 2 is 1.54 bits per heavy atom. The van der Waals surface area contributed by atoms with E-state index < -0.39 is 0 Å². The molecule has 1 N–H and O–H groups in total. The van der Waals surface area contributed by atoms with Gasteiger partial charge in [-0.25, -0.2) is 0 Å². The summed E-state index contributed by atoms with van der Waals surface area (Å²) in [4.78, 5) is 20.1. The van der Waals surface area contributed by atoms with Crippen molar-refractivity contribution in [2.45, 2.75) is 40.0 Å². The zero-order valence-corrected chi connectivity index (χ0v) is 9.55. The van der Waals surface area contributed by atoms with Gasteiger partial charge in [0.05, 0.1) is 6.42 Å². The number of aliphatic hydroxyl groups excluding tert-OH is 1.